The van der Waals surface area contributed by atoms with Gasteiger partial charge in [0.15, 0.2) is 11.5 Å². The number of hydrogen-bond acceptors (Lipinski definition) is 4. The molecule has 108 valence electrons. The van der Waals surface area contributed by atoms with Gasteiger partial charge in [0.25, 0.3) is 5.91 Å². The number of benzene rings is 1. The van der Waals surface area contributed by atoms with Gasteiger partial charge in [0, 0.05) is 5.56 Å². The van der Waals surface area contributed by atoms with Crippen LogP contribution in [0.5, 0.6) is 11.5 Å². The third-order valence-corrected chi connectivity index (χ3v) is 3.02. The van der Waals surface area contributed by atoms with Gasteiger partial charge < -0.3 is 19.9 Å². The van der Waals surface area contributed by atoms with Gasteiger partial charge in [-0.05, 0) is 24.1 Å². The van der Waals surface area contributed by atoms with E-state index in [0.717, 1.165) is 0 Å². The van der Waals surface area contributed by atoms with E-state index in [1.807, 2.05) is 0 Å². The fourth-order valence-corrected chi connectivity index (χ4v) is 1.92. The molecule has 0 radical (unpaired) electrons. The summed E-state index contributed by atoms with van der Waals surface area (Å²) in [7, 11) is 0. The quantitative estimate of drug-likeness (QED) is 0.867. The highest BCUT2D eigenvalue weighted by molar-refractivity contribution is 5.97. The molecule has 1 aliphatic heterocycles. The Kier molecular flexibility index (Phi) is 4.12. The molecule has 1 aliphatic rings. The van der Waals surface area contributed by atoms with Crippen LogP contribution in [0, 0.1) is 5.92 Å². The van der Waals surface area contributed by atoms with E-state index < -0.39 is 17.9 Å². The molecular formula is C14H17NO5. The molecule has 0 spiro atoms. The lowest BCUT2D eigenvalue weighted by Crippen LogP contribution is -2.44. The van der Waals surface area contributed by atoms with Crippen molar-refractivity contribution in [3.05, 3.63) is 23.8 Å². The molecule has 0 saturated heterocycles. The van der Waals surface area contributed by atoms with Crippen LogP contribution in [-0.2, 0) is 4.79 Å². The van der Waals surface area contributed by atoms with Crippen LogP contribution in [0.3, 0.4) is 0 Å². The predicted molar refractivity (Wildman–Crippen MR) is 71.2 cm³/mol. The highest BCUT2D eigenvalue weighted by Crippen LogP contribution is 2.30. The molecule has 0 saturated carbocycles. The number of carboxylic acids is 1. The Hall–Kier alpha value is -2.24. The molecule has 0 aromatic heterocycles. The highest BCUT2D eigenvalue weighted by Gasteiger charge is 2.24. The smallest absolute Gasteiger partial charge is 0.326 e. The molecule has 0 bridgehead atoms. The number of rotatable bonds is 4. The number of aliphatic carboxylic acids is 1. The van der Waals surface area contributed by atoms with E-state index in [-0.39, 0.29) is 5.92 Å². The van der Waals surface area contributed by atoms with E-state index >= 15 is 0 Å². The van der Waals surface area contributed by atoms with Crippen molar-refractivity contribution in [3.8, 4) is 11.5 Å². The Labute approximate surface area is 116 Å². The maximum atomic E-state index is 12.1. The van der Waals surface area contributed by atoms with Crippen molar-refractivity contribution >= 4 is 11.9 Å². The van der Waals surface area contributed by atoms with Gasteiger partial charge in [0.2, 0.25) is 0 Å². The van der Waals surface area contributed by atoms with Crippen LogP contribution in [0.1, 0.15) is 24.2 Å². The summed E-state index contributed by atoms with van der Waals surface area (Å²) in [4.78, 5) is 23.2. The SMILES string of the molecule is CC(C)[C@@H](NC(=O)c1ccc2c(c1)OCCO2)C(=O)O. The van der Waals surface area contributed by atoms with Gasteiger partial charge in [-0.2, -0.15) is 0 Å². The second-order valence-corrected chi connectivity index (χ2v) is 4.89. The van der Waals surface area contributed by atoms with Crippen LogP contribution in [0.15, 0.2) is 18.2 Å². The first kappa shape index (κ1) is 14.2. The number of carbonyl (C=O) groups is 2. The summed E-state index contributed by atoms with van der Waals surface area (Å²) < 4.78 is 10.8. The number of carbonyl (C=O) groups excluding carboxylic acids is 1. The normalized spacial score (nSPS) is 14.8. The number of amides is 1. The van der Waals surface area contributed by atoms with E-state index in [1.54, 1.807) is 32.0 Å². The van der Waals surface area contributed by atoms with Crippen LogP contribution in [-0.4, -0.2) is 36.2 Å². The summed E-state index contributed by atoms with van der Waals surface area (Å²) in [6.45, 7) is 4.39. The maximum Gasteiger partial charge on any atom is 0.326 e. The third-order valence-electron chi connectivity index (χ3n) is 3.02. The molecule has 1 aromatic rings. The van der Waals surface area contributed by atoms with E-state index in [1.165, 1.54) is 0 Å². The topological polar surface area (TPSA) is 84.9 Å². The molecule has 2 N–H and O–H groups in total. The second-order valence-electron chi connectivity index (χ2n) is 4.89. The summed E-state index contributed by atoms with van der Waals surface area (Å²) in [5, 5.41) is 11.6. The second kappa shape index (κ2) is 5.81. The number of fused-ring (bicyclic) bond motifs is 1. The monoisotopic (exact) mass is 279 g/mol. The van der Waals surface area contributed by atoms with Crippen molar-refractivity contribution < 1.29 is 24.2 Å². The molecule has 0 unspecified atom stereocenters. The zero-order valence-electron chi connectivity index (χ0n) is 11.4. The first-order valence-electron chi connectivity index (χ1n) is 6.42. The molecule has 1 atom stereocenters. The van der Waals surface area contributed by atoms with Gasteiger partial charge in [-0.15, -0.1) is 0 Å². The lowest BCUT2D eigenvalue weighted by molar-refractivity contribution is -0.140. The Morgan fingerprint density at radius 2 is 1.85 bits per heavy atom. The van der Waals surface area contributed by atoms with Gasteiger partial charge in [-0.25, -0.2) is 4.79 Å². The zero-order valence-corrected chi connectivity index (χ0v) is 11.4. The fourth-order valence-electron chi connectivity index (χ4n) is 1.92. The average molecular weight is 279 g/mol. The van der Waals surface area contributed by atoms with Crippen LogP contribution in [0.2, 0.25) is 0 Å². The van der Waals surface area contributed by atoms with Gasteiger partial charge in [-0.1, -0.05) is 13.8 Å². The van der Waals surface area contributed by atoms with E-state index in [4.69, 9.17) is 14.6 Å². The highest BCUT2D eigenvalue weighted by atomic mass is 16.6. The Bertz CT molecular complexity index is 526. The predicted octanol–water partition coefficient (Wildman–Crippen LogP) is 1.30. The third kappa shape index (κ3) is 3.01. The number of nitrogens with one attached hydrogen (secondary N) is 1. The zero-order chi connectivity index (χ0) is 14.7. The Morgan fingerprint density at radius 3 is 2.45 bits per heavy atom. The number of ether oxygens (including phenoxy) is 2. The Morgan fingerprint density at radius 1 is 1.20 bits per heavy atom. The summed E-state index contributed by atoms with van der Waals surface area (Å²) in [6, 6.07) is 3.87. The van der Waals surface area contributed by atoms with Crippen molar-refractivity contribution in [1.29, 1.82) is 0 Å². The lowest BCUT2D eigenvalue weighted by Gasteiger charge is -2.20. The van der Waals surface area contributed by atoms with Crippen LogP contribution >= 0.6 is 0 Å². The van der Waals surface area contributed by atoms with Gasteiger partial charge in [0.1, 0.15) is 19.3 Å². The van der Waals surface area contributed by atoms with Crippen molar-refractivity contribution in [3.63, 3.8) is 0 Å². The van der Waals surface area contributed by atoms with Crippen molar-refractivity contribution in [2.24, 2.45) is 5.92 Å². The van der Waals surface area contributed by atoms with Crippen LogP contribution in [0.25, 0.3) is 0 Å². The molecule has 2 rings (SSSR count). The van der Waals surface area contributed by atoms with Gasteiger partial charge in [-0.3, -0.25) is 4.79 Å². The molecule has 6 heteroatoms. The first-order valence-corrected chi connectivity index (χ1v) is 6.42. The summed E-state index contributed by atoms with van der Waals surface area (Å²) in [5.41, 5.74) is 0.348. The average Bonchev–Trinajstić information content (AvgIpc) is 2.43. The number of carboxylic acid groups (broad SMARTS) is 1. The van der Waals surface area contributed by atoms with Gasteiger partial charge in [0.05, 0.1) is 0 Å². The summed E-state index contributed by atoms with van der Waals surface area (Å²) >= 11 is 0. The lowest BCUT2D eigenvalue weighted by atomic mass is 10.0. The molecule has 20 heavy (non-hydrogen) atoms. The minimum Gasteiger partial charge on any atom is -0.486 e. The molecular weight excluding hydrogens is 262 g/mol. The van der Waals surface area contributed by atoms with E-state index in [0.29, 0.717) is 30.3 Å². The standard InChI is InChI=1S/C14H17NO5/c1-8(2)12(14(17)18)15-13(16)9-3-4-10-11(7-9)20-6-5-19-10/h3-4,7-8,12H,5-6H2,1-2H3,(H,15,16)(H,17,18)/t12-/m1/s1. The van der Waals surface area contributed by atoms with E-state index in [2.05, 4.69) is 5.32 Å². The fraction of sp³-hybridized carbons (Fsp3) is 0.429. The molecule has 0 fully saturated rings. The first-order chi connectivity index (χ1) is 9.49. The molecule has 1 heterocycles. The number of hydrogen-bond donors (Lipinski definition) is 2. The molecule has 1 aromatic carbocycles. The van der Waals surface area contributed by atoms with Crippen molar-refractivity contribution in [2.45, 2.75) is 19.9 Å². The van der Waals surface area contributed by atoms with E-state index in [9.17, 15) is 9.59 Å². The van der Waals surface area contributed by atoms with Crippen molar-refractivity contribution in [1.82, 2.24) is 5.32 Å². The largest absolute Gasteiger partial charge is 0.486 e. The molecule has 1 amide bonds. The van der Waals surface area contributed by atoms with Gasteiger partial charge >= 0.3 is 5.97 Å². The summed E-state index contributed by atoms with van der Waals surface area (Å²) in [6.07, 6.45) is 0. The van der Waals surface area contributed by atoms with Crippen molar-refractivity contribution in [2.75, 3.05) is 13.2 Å². The maximum absolute atomic E-state index is 12.1. The van der Waals surface area contributed by atoms with Crippen LogP contribution < -0.4 is 14.8 Å². The minimum absolute atomic E-state index is 0.200. The Balaban J connectivity index is 2.15. The summed E-state index contributed by atoms with van der Waals surface area (Å²) in [5.74, 6) is -0.602. The molecule has 0 aliphatic carbocycles. The van der Waals surface area contributed by atoms with Crippen LogP contribution in [0.4, 0.5) is 0 Å². The molecule has 6 nitrogen and oxygen atoms in total. The minimum atomic E-state index is -1.05.